The van der Waals surface area contributed by atoms with Crippen LogP contribution in [-0.4, -0.2) is 0 Å². The monoisotopic (exact) mass is 448 g/mol. The van der Waals surface area contributed by atoms with Crippen LogP contribution < -0.4 is 11.5 Å². The Bertz CT molecular complexity index is 1120. The first-order valence-corrected chi connectivity index (χ1v) is 12.6. The second-order valence-corrected chi connectivity index (χ2v) is 9.21. The summed E-state index contributed by atoms with van der Waals surface area (Å²) in [6.07, 6.45) is 7.10. The van der Waals surface area contributed by atoms with E-state index < -0.39 is 0 Å². The number of hydrogen-bond donors (Lipinski definition) is 2. The molecule has 0 aliphatic carbocycles. The summed E-state index contributed by atoms with van der Waals surface area (Å²) in [5.74, 6) is 0. The Balaban J connectivity index is 1.77. The van der Waals surface area contributed by atoms with Gasteiger partial charge in [0.25, 0.3) is 0 Å². The van der Waals surface area contributed by atoms with Crippen LogP contribution in [0.15, 0.2) is 84.9 Å². The zero-order valence-electron chi connectivity index (χ0n) is 20.5. The highest BCUT2D eigenvalue weighted by atomic mass is 14.5. The molecule has 0 bridgehead atoms. The molecule has 4 aromatic carbocycles. The molecule has 0 atom stereocenters. The molecular weight excluding hydrogens is 412 g/mol. The van der Waals surface area contributed by atoms with Crippen molar-refractivity contribution in [2.45, 2.75) is 52.4 Å². The zero-order valence-corrected chi connectivity index (χ0v) is 20.5. The summed E-state index contributed by atoms with van der Waals surface area (Å²) in [5, 5.41) is 0. The molecule has 0 unspecified atom stereocenters. The number of benzene rings is 4. The van der Waals surface area contributed by atoms with Crippen molar-refractivity contribution in [3.63, 3.8) is 0 Å². The first-order chi connectivity index (χ1) is 16.6. The molecule has 0 saturated heterocycles. The smallest absolute Gasteiger partial charge is 0.0320 e. The molecule has 0 aromatic heterocycles. The van der Waals surface area contributed by atoms with E-state index in [4.69, 9.17) is 11.5 Å². The van der Waals surface area contributed by atoms with Gasteiger partial charge >= 0.3 is 0 Å². The lowest BCUT2D eigenvalue weighted by Crippen LogP contribution is -1.94. The van der Waals surface area contributed by atoms with Crippen LogP contribution >= 0.6 is 0 Å². The molecule has 0 saturated carbocycles. The number of anilines is 2. The van der Waals surface area contributed by atoms with Crippen LogP contribution in [0.5, 0.6) is 0 Å². The SMILES string of the molecule is CCCCc1ccc(-c2cc(N)ccc2-c2ccc(N)cc2-c2ccc(CCCC)cc2)cc1. The Labute approximate surface area is 204 Å². The number of rotatable bonds is 9. The van der Waals surface area contributed by atoms with Crippen LogP contribution in [0.1, 0.15) is 50.7 Å². The van der Waals surface area contributed by atoms with Gasteiger partial charge in [0.15, 0.2) is 0 Å². The number of nitrogens with two attached hydrogens (primary N) is 2. The van der Waals surface area contributed by atoms with Crippen LogP contribution in [0.4, 0.5) is 11.4 Å². The molecular formula is C32H36N2. The number of nitrogen functional groups attached to an aromatic ring is 2. The first kappa shape index (κ1) is 23.6. The minimum absolute atomic E-state index is 0.770. The van der Waals surface area contributed by atoms with Gasteiger partial charge in [-0.15, -0.1) is 0 Å². The van der Waals surface area contributed by atoms with Gasteiger partial charge < -0.3 is 11.5 Å². The second-order valence-electron chi connectivity index (χ2n) is 9.21. The summed E-state index contributed by atoms with van der Waals surface area (Å²) in [4.78, 5) is 0. The summed E-state index contributed by atoms with van der Waals surface area (Å²) in [7, 11) is 0. The van der Waals surface area contributed by atoms with Crippen molar-refractivity contribution >= 4 is 11.4 Å². The standard InChI is InChI=1S/C32H36N2/c1-3-5-7-23-9-13-25(14-10-23)31-21-27(33)17-19-29(31)30-20-18-28(34)22-32(30)26-15-11-24(12-16-26)8-6-4-2/h9-22H,3-8,33-34H2,1-2H3. The van der Waals surface area contributed by atoms with E-state index in [-0.39, 0.29) is 0 Å². The Morgan fingerprint density at radius 2 is 0.853 bits per heavy atom. The van der Waals surface area contributed by atoms with Crippen molar-refractivity contribution in [3.8, 4) is 33.4 Å². The highest BCUT2D eigenvalue weighted by molar-refractivity contribution is 5.93. The Morgan fingerprint density at radius 1 is 0.471 bits per heavy atom. The van der Waals surface area contributed by atoms with Crippen molar-refractivity contribution < 1.29 is 0 Å². The van der Waals surface area contributed by atoms with Gasteiger partial charge in [-0.2, -0.15) is 0 Å². The van der Waals surface area contributed by atoms with Crippen molar-refractivity contribution in [2.24, 2.45) is 0 Å². The van der Waals surface area contributed by atoms with E-state index in [1.165, 1.54) is 59.1 Å². The van der Waals surface area contributed by atoms with E-state index in [0.717, 1.165) is 35.3 Å². The number of aryl methyl sites for hydroxylation is 2. The minimum Gasteiger partial charge on any atom is -0.399 e. The summed E-state index contributed by atoms with van der Waals surface area (Å²) < 4.78 is 0. The van der Waals surface area contributed by atoms with Gasteiger partial charge in [-0.25, -0.2) is 0 Å². The molecule has 174 valence electrons. The molecule has 4 aromatic rings. The summed E-state index contributed by atoms with van der Waals surface area (Å²) >= 11 is 0. The van der Waals surface area contributed by atoms with Gasteiger partial charge in [0.1, 0.15) is 0 Å². The lowest BCUT2D eigenvalue weighted by Gasteiger charge is -2.17. The van der Waals surface area contributed by atoms with Gasteiger partial charge in [-0.05, 0) is 94.5 Å². The van der Waals surface area contributed by atoms with E-state index >= 15 is 0 Å². The van der Waals surface area contributed by atoms with Crippen LogP contribution in [0, 0.1) is 0 Å². The fraction of sp³-hybridized carbons (Fsp3) is 0.250. The number of unbranched alkanes of at least 4 members (excludes halogenated alkanes) is 2. The molecule has 0 aliphatic rings. The molecule has 0 fully saturated rings. The maximum absolute atomic E-state index is 6.25. The van der Waals surface area contributed by atoms with Crippen molar-refractivity contribution in [2.75, 3.05) is 11.5 Å². The van der Waals surface area contributed by atoms with Gasteiger partial charge in [0, 0.05) is 11.4 Å². The zero-order chi connectivity index (χ0) is 23.9. The second kappa shape index (κ2) is 11.1. The average Bonchev–Trinajstić information content (AvgIpc) is 2.87. The highest BCUT2D eigenvalue weighted by Gasteiger charge is 2.14. The molecule has 0 aliphatic heterocycles. The van der Waals surface area contributed by atoms with Gasteiger partial charge in [0.2, 0.25) is 0 Å². The highest BCUT2D eigenvalue weighted by Crippen LogP contribution is 2.40. The Hall–Kier alpha value is -3.52. The fourth-order valence-corrected chi connectivity index (χ4v) is 4.53. The maximum atomic E-state index is 6.25. The van der Waals surface area contributed by atoms with E-state index in [2.05, 4.69) is 86.6 Å². The van der Waals surface area contributed by atoms with Crippen LogP contribution in [0.3, 0.4) is 0 Å². The summed E-state index contributed by atoms with van der Waals surface area (Å²) in [5.41, 5.74) is 23.8. The first-order valence-electron chi connectivity index (χ1n) is 12.6. The Kier molecular flexibility index (Phi) is 7.69. The molecule has 4 rings (SSSR count). The van der Waals surface area contributed by atoms with E-state index in [1.807, 2.05) is 12.1 Å². The van der Waals surface area contributed by atoms with Crippen LogP contribution in [-0.2, 0) is 12.8 Å². The summed E-state index contributed by atoms with van der Waals surface area (Å²) in [6, 6.07) is 30.3. The fourth-order valence-electron chi connectivity index (χ4n) is 4.53. The molecule has 34 heavy (non-hydrogen) atoms. The molecule has 0 amide bonds. The largest absolute Gasteiger partial charge is 0.399 e. The molecule has 0 radical (unpaired) electrons. The van der Waals surface area contributed by atoms with E-state index in [0.29, 0.717) is 0 Å². The van der Waals surface area contributed by atoms with Gasteiger partial charge in [0.05, 0.1) is 0 Å². The molecule has 4 N–H and O–H groups in total. The van der Waals surface area contributed by atoms with Gasteiger partial charge in [-0.3, -0.25) is 0 Å². The lowest BCUT2D eigenvalue weighted by atomic mass is 9.88. The normalized spacial score (nSPS) is 11.0. The third kappa shape index (κ3) is 5.51. The lowest BCUT2D eigenvalue weighted by molar-refractivity contribution is 0.795. The topological polar surface area (TPSA) is 52.0 Å². The molecule has 0 heterocycles. The van der Waals surface area contributed by atoms with Crippen LogP contribution in [0.2, 0.25) is 0 Å². The third-order valence-electron chi connectivity index (χ3n) is 6.55. The Morgan fingerprint density at radius 3 is 1.21 bits per heavy atom. The quantitative estimate of drug-likeness (QED) is 0.252. The predicted octanol–water partition coefficient (Wildman–Crippen LogP) is 8.54. The van der Waals surface area contributed by atoms with E-state index in [9.17, 15) is 0 Å². The predicted molar refractivity (Wildman–Crippen MR) is 149 cm³/mol. The maximum Gasteiger partial charge on any atom is 0.0320 e. The van der Waals surface area contributed by atoms with Gasteiger partial charge in [-0.1, -0.05) is 87.4 Å². The van der Waals surface area contributed by atoms with Crippen molar-refractivity contribution in [3.05, 3.63) is 96.1 Å². The molecule has 0 spiro atoms. The van der Waals surface area contributed by atoms with Crippen molar-refractivity contribution in [1.82, 2.24) is 0 Å². The minimum atomic E-state index is 0.770. The molecule has 2 nitrogen and oxygen atoms in total. The summed E-state index contributed by atoms with van der Waals surface area (Å²) in [6.45, 7) is 4.46. The molecule has 2 heteroatoms. The number of hydrogen-bond acceptors (Lipinski definition) is 2. The van der Waals surface area contributed by atoms with Crippen LogP contribution in [0.25, 0.3) is 33.4 Å². The van der Waals surface area contributed by atoms with E-state index in [1.54, 1.807) is 0 Å². The average molecular weight is 449 g/mol. The third-order valence-corrected chi connectivity index (χ3v) is 6.55. The van der Waals surface area contributed by atoms with Crippen molar-refractivity contribution in [1.29, 1.82) is 0 Å².